The quantitative estimate of drug-likeness (QED) is 0.144. The van der Waals surface area contributed by atoms with Gasteiger partial charge in [-0.15, -0.1) is 0 Å². The minimum absolute atomic E-state index is 0.759. The van der Waals surface area contributed by atoms with Crippen molar-refractivity contribution in [3.63, 3.8) is 0 Å². The number of hydrogen-bond acceptors (Lipinski definition) is 6. The first-order valence-corrected chi connectivity index (χ1v) is 2.46. The monoisotopic (exact) mass is 179 g/mol. The average Bonchev–Trinajstić information content (AvgIpc) is 1.99. The van der Waals surface area contributed by atoms with E-state index in [4.69, 9.17) is 0 Å². The molecular formula is C3H2FN3O5. The number of hydrogen-bond donors (Lipinski definition) is 0. The Morgan fingerprint density at radius 1 is 1.42 bits per heavy atom. The lowest BCUT2D eigenvalue weighted by molar-refractivity contribution is -0.827. The van der Waals surface area contributed by atoms with E-state index < -0.39 is 22.3 Å². The number of nitrogens with zero attached hydrogens (tertiary/aromatic N) is 3. The highest BCUT2D eigenvalue weighted by molar-refractivity contribution is 5.32. The molecule has 0 aliphatic rings. The second-order valence-electron chi connectivity index (χ2n) is 1.64. The molecule has 0 spiro atoms. The third kappa shape index (κ3) is 1.80. The number of halogens is 1. The number of alkyl halides is 1. The molecule has 12 heavy (non-hydrogen) atoms. The molecule has 0 bridgehead atoms. The number of rotatable bonds is 4. The van der Waals surface area contributed by atoms with E-state index in [1.54, 1.807) is 0 Å². The van der Waals surface area contributed by atoms with E-state index in [1.807, 2.05) is 0 Å². The van der Waals surface area contributed by atoms with Crippen molar-refractivity contribution in [2.24, 2.45) is 4.99 Å². The molecule has 0 rings (SSSR count). The summed E-state index contributed by atoms with van der Waals surface area (Å²) in [5, 5.41) is 19.5. The van der Waals surface area contributed by atoms with Gasteiger partial charge in [0.1, 0.15) is 9.85 Å². The zero-order valence-electron chi connectivity index (χ0n) is 5.47. The molecule has 0 heterocycles. The number of aliphatic imine (C=N–C) groups is 1. The van der Waals surface area contributed by atoms with Crippen molar-refractivity contribution in [1.82, 2.24) is 0 Å². The van der Waals surface area contributed by atoms with Crippen molar-refractivity contribution in [2.45, 2.75) is 5.92 Å². The molecule has 0 aliphatic carbocycles. The summed E-state index contributed by atoms with van der Waals surface area (Å²) in [6.07, 6.45) is 0.759. The van der Waals surface area contributed by atoms with Gasteiger partial charge in [0.15, 0.2) is 0 Å². The van der Waals surface area contributed by atoms with Gasteiger partial charge in [-0.25, -0.2) is 4.79 Å². The van der Waals surface area contributed by atoms with Crippen molar-refractivity contribution in [2.75, 3.05) is 6.54 Å². The second kappa shape index (κ2) is 3.49. The fourth-order valence-corrected chi connectivity index (χ4v) is 0.315. The summed E-state index contributed by atoms with van der Waals surface area (Å²) in [5.41, 5.74) is 0. The van der Waals surface area contributed by atoms with Gasteiger partial charge < -0.3 is 0 Å². The summed E-state index contributed by atoms with van der Waals surface area (Å²) in [5.74, 6) is -3.93. The Balaban J connectivity index is 4.74. The molecule has 0 aromatic heterocycles. The van der Waals surface area contributed by atoms with Crippen molar-refractivity contribution in [3.8, 4) is 0 Å². The van der Waals surface area contributed by atoms with Crippen LogP contribution < -0.4 is 0 Å². The third-order valence-corrected chi connectivity index (χ3v) is 0.904. The minimum atomic E-state index is -3.93. The lowest BCUT2D eigenvalue weighted by atomic mass is 10.5. The van der Waals surface area contributed by atoms with Crippen molar-refractivity contribution in [1.29, 1.82) is 0 Å². The zero-order chi connectivity index (χ0) is 9.78. The fourth-order valence-electron chi connectivity index (χ4n) is 0.315. The van der Waals surface area contributed by atoms with Crippen LogP contribution in [0, 0.1) is 20.2 Å². The van der Waals surface area contributed by atoms with Crippen LogP contribution in [0.1, 0.15) is 0 Å². The summed E-state index contributed by atoms with van der Waals surface area (Å²) >= 11 is 0. The van der Waals surface area contributed by atoms with Crippen LogP contribution in [-0.2, 0) is 4.79 Å². The van der Waals surface area contributed by atoms with Crippen molar-refractivity contribution < 1.29 is 19.0 Å². The molecule has 0 fully saturated rings. The van der Waals surface area contributed by atoms with Crippen LogP contribution in [0.3, 0.4) is 0 Å². The van der Waals surface area contributed by atoms with E-state index in [2.05, 4.69) is 4.99 Å². The maximum absolute atomic E-state index is 12.6. The topological polar surface area (TPSA) is 116 Å². The first-order valence-electron chi connectivity index (χ1n) is 2.46. The number of nitro groups is 2. The maximum atomic E-state index is 12.6. The first kappa shape index (κ1) is 10.1. The smallest absolute Gasteiger partial charge is 0.256 e. The van der Waals surface area contributed by atoms with Gasteiger partial charge in [-0.2, -0.15) is 4.99 Å². The predicted molar refractivity (Wildman–Crippen MR) is 30.8 cm³/mol. The zero-order valence-corrected chi connectivity index (χ0v) is 5.47. The predicted octanol–water partition coefficient (Wildman–Crippen LogP) is -0.501. The minimum Gasteiger partial charge on any atom is -0.256 e. The number of carbonyl (C=O) groups excluding carboxylic acids is 1. The molecule has 0 N–H and O–H groups in total. The van der Waals surface area contributed by atoms with Crippen LogP contribution in [0.25, 0.3) is 0 Å². The van der Waals surface area contributed by atoms with Crippen LogP contribution in [0.2, 0.25) is 0 Å². The van der Waals surface area contributed by atoms with E-state index in [9.17, 15) is 29.4 Å². The molecule has 0 unspecified atom stereocenters. The summed E-state index contributed by atoms with van der Waals surface area (Å²) in [7, 11) is 0. The molecule has 0 amide bonds. The van der Waals surface area contributed by atoms with Crippen molar-refractivity contribution in [3.05, 3.63) is 20.2 Å². The molecule has 0 saturated carbocycles. The molecule has 0 aliphatic heterocycles. The SMILES string of the molecule is O=C=NCC(F)([N+](=O)[O-])[N+](=O)[O-]. The summed E-state index contributed by atoms with van der Waals surface area (Å²) < 4.78 is 12.6. The molecule has 0 saturated heterocycles. The van der Waals surface area contributed by atoms with Crippen LogP contribution in [0.15, 0.2) is 4.99 Å². The second-order valence-corrected chi connectivity index (χ2v) is 1.64. The van der Waals surface area contributed by atoms with Gasteiger partial charge in [0, 0.05) is 0 Å². The van der Waals surface area contributed by atoms with E-state index in [1.165, 1.54) is 0 Å². The Bertz CT molecular complexity index is 245. The molecule has 66 valence electrons. The molecule has 0 aromatic rings. The molecular weight excluding hydrogens is 177 g/mol. The normalized spacial score (nSPS) is 10.1. The van der Waals surface area contributed by atoms with E-state index >= 15 is 0 Å². The first-order chi connectivity index (χ1) is 5.45. The van der Waals surface area contributed by atoms with Gasteiger partial charge in [-0.3, -0.25) is 20.2 Å². The van der Waals surface area contributed by atoms with E-state index in [0.29, 0.717) is 0 Å². The standard InChI is InChI=1S/C3H2FN3O5/c4-3(6(9)10,7(11)12)1-5-2-8/h1H2. The van der Waals surface area contributed by atoms with E-state index in [0.717, 1.165) is 6.08 Å². The van der Waals surface area contributed by atoms with Gasteiger partial charge in [-0.05, 0) is 0 Å². The third-order valence-electron chi connectivity index (χ3n) is 0.904. The van der Waals surface area contributed by atoms with Gasteiger partial charge in [-0.1, -0.05) is 4.39 Å². The van der Waals surface area contributed by atoms with Crippen LogP contribution in [0.5, 0.6) is 0 Å². The molecule has 0 atom stereocenters. The van der Waals surface area contributed by atoms with Crippen LogP contribution in [-0.4, -0.2) is 28.4 Å². The van der Waals surface area contributed by atoms with Crippen LogP contribution >= 0.6 is 0 Å². The van der Waals surface area contributed by atoms with Gasteiger partial charge in [0.25, 0.3) is 0 Å². The van der Waals surface area contributed by atoms with Crippen LogP contribution in [0.4, 0.5) is 4.39 Å². The molecule has 9 heteroatoms. The average molecular weight is 179 g/mol. The van der Waals surface area contributed by atoms with Crippen molar-refractivity contribution >= 4 is 6.08 Å². The number of isocyanates is 1. The van der Waals surface area contributed by atoms with Gasteiger partial charge in [0.2, 0.25) is 12.6 Å². The highest BCUT2D eigenvalue weighted by Gasteiger charge is 2.58. The summed E-state index contributed by atoms with van der Waals surface area (Å²) in [6, 6.07) is 0. The maximum Gasteiger partial charge on any atom is 0.634 e. The van der Waals surface area contributed by atoms with Gasteiger partial charge in [0.05, 0.1) is 0 Å². The highest BCUT2D eigenvalue weighted by atomic mass is 19.2. The molecule has 0 radical (unpaired) electrons. The van der Waals surface area contributed by atoms with E-state index in [-0.39, 0.29) is 0 Å². The highest BCUT2D eigenvalue weighted by Crippen LogP contribution is 2.12. The largest absolute Gasteiger partial charge is 0.634 e. The Kier molecular flexibility index (Phi) is 2.94. The fraction of sp³-hybridized carbons (Fsp3) is 0.667. The Hall–Kier alpha value is -1.89. The molecule has 8 nitrogen and oxygen atoms in total. The van der Waals surface area contributed by atoms with Gasteiger partial charge >= 0.3 is 5.92 Å². The lowest BCUT2D eigenvalue weighted by Crippen LogP contribution is -2.44. The lowest BCUT2D eigenvalue weighted by Gasteiger charge is -2.02. The molecule has 0 aromatic carbocycles. The Labute approximate surface area is 64.0 Å². The Morgan fingerprint density at radius 3 is 2.08 bits per heavy atom. The Morgan fingerprint density at radius 2 is 1.83 bits per heavy atom. The summed E-state index contributed by atoms with van der Waals surface area (Å²) in [4.78, 5) is 27.8. The summed E-state index contributed by atoms with van der Waals surface area (Å²) in [6.45, 7) is -1.48.